The molecule has 3 rings (SSSR count). The van der Waals surface area contributed by atoms with Gasteiger partial charge in [0.05, 0.1) is 6.04 Å². The van der Waals surface area contributed by atoms with E-state index in [4.69, 9.17) is 11.5 Å². The summed E-state index contributed by atoms with van der Waals surface area (Å²) in [5, 5.41) is 15.7. The van der Waals surface area contributed by atoms with E-state index in [2.05, 4.69) is 15.6 Å². The van der Waals surface area contributed by atoms with Gasteiger partial charge in [0.1, 0.15) is 18.1 Å². The molecule has 0 bridgehead atoms. The van der Waals surface area contributed by atoms with Crippen LogP contribution in [0.4, 0.5) is 0 Å². The van der Waals surface area contributed by atoms with Crippen LogP contribution in [0.5, 0.6) is 0 Å². The van der Waals surface area contributed by atoms with Crippen molar-refractivity contribution >= 4 is 40.5 Å². The number of carbonyl (C=O) groups excluding carboxylic acids is 4. The molecular weight excluding hydrogens is 504 g/mol. The molecule has 0 spiro atoms. The lowest BCUT2D eigenvalue weighted by Gasteiger charge is -2.30. The van der Waals surface area contributed by atoms with E-state index in [1.165, 1.54) is 4.90 Å². The number of para-hydroxylation sites is 1. The average Bonchev–Trinajstić information content (AvgIpc) is 3.53. The summed E-state index contributed by atoms with van der Waals surface area (Å²) in [7, 11) is 0. The minimum atomic E-state index is -1.14. The average molecular weight is 543 g/mol. The Morgan fingerprint density at radius 2 is 1.85 bits per heavy atom. The molecule has 0 aliphatic carbocycles. The highest BCUT2D eigenvalue weighted by Crippen LogP contribution is 2.23. The molecule has 212 valence electrons. The van der Waals surface area contributed by atoms with Gasteiger partial charge in [-0.1, -0.05) is 32.0 Å². The van der Waals surface area contributed by atoms with Gasteiger partial charge >= 0.3 is 5.97 Å². The van der Waals surface area contributed by atoms with Gasteiger partial charge in [-0.05, 0) is 43.2 Å². The molecule has 1 saturated heterocycles. The van der Waals surface area contributed by atoms with Gasteiger partial charge in [-0.15, -0.1) is 0 Å². The molecule has 12 heteroatoms. The number of nitrogens with zero attached hydrogens (tertiary/aromatic N) is 1. The Balaban J connectivity index is 1.82. The molecule has 4 unspecified atom stereocenters. The van der Waals surface area contributed by atoms with Crippen molar-refractivity contribution in [3.8, 4) is 0 Å². The molecule has 12 nitrogen and oxygen atoms in total. The van der Waals surface area contributed by atoms with Gasteiger partial charge in [-0.25, -0.2) is 4.79 Å². The second-order valence-corrected chi connectivity index (χ2v) is 10.5. The van der Waals surface area contributed by atoms with Crippen LogP contribution in [0.15, 0.2) is 30.5 Å². The number of rotatable bonds is 13. The summed E-state index contributed by atoms with van der Waals surface area (Å²) in [6.07, 6.45) is 3.02. The number of hydrogen-bond acceptors (Lipinski definition) is 6. The molecule has 39 heavy (non-hydrogen) atoms. The van der Waals surface area contributed by atoms with E-state index < -0.39 is 53.8 Å². The van der Waals surface area contributed by atoms with Crippen LogP contribution >= 0.6 is 0 Å². The van der Waals surface area contributed by atoms with Crippen LogP contribution < -0.4 is 22.1 Å². The predicted molar refractivity (Wildman–Crippen MR) is 144 cm³/mol. The van der Waals surface area contributed by atoms with Crippen molar-refractivity contribution in [2.75, 3.05) is 6.54 Å². The molecule has 1 aliphatic heterocycles. The normalized spacial score (nSPS) is 17.5. The molecule has 8 N–H and O–H groups in total. The molecule has 1 aromatic heterocycles. The fourth-order valence-corrected chi connectivity index (χ4v) is 4.89. The summed E-state index contributed by atoms with van der Waals surface area (Å²) >= 11 is 0. The maximum Gasteiger partial charge on any atom is 0.326 e. The van der Waals surface area contributed by atoms with E-state index in [1.807, 2.05) is 38.1 Å². The third kappa shape index (κ3) is 7.79. The van der Waals surface area contributed by atoms with Crippen LogP contribution in [-0.4, -0.2) is 75.3 Å². The first-order valence-electron chi connectivity index (χ1n) is 13.2. The van der Waals surface area contributed by atoms with Gasteiger partial charge in [-0.2, -0.15) is 0 Å². The van der Waals surface area contributed by atoms with Gasteiger partial charge in [0.25, 0.3) is 0 Å². The summed E-state index contributed by atoms with van der Waals surface area (Å²) in [5.74, 6) is -3.30. The number of aromatic nitrogens is 1. The first-order chi connectivity index (χ1) is 18.5. The molecule has 1 aromatic carbocycles. The van der Waals surface area contributed by atoms with Crippen LogP contribution in [0, 0.1) is 5.92 Å². The lowest BCUT2D eigenvalue weighted by Crippen LogP contribution is -2.57. The second kappa shape index (κ2) is 13.2. The molecule has 2 heterocycles. The number of carboxylic acids is 1. The van der Waals surface area contributed by atoms with Gasteiger partial charge < -0.3 is 37.1 Å². The van der Waals surface area contributed by atoms with Gasteiger partial charge in [0, 0.05) is 36.5 Å². The Bertz CT molecular complexity index is 1210. The molecular formula is C27H38N6O6. The number of likely N-dealkylation sites (tertiary alicyclic amines) is 1. The number of fused-ring (bicyclic) bond motifs is 1. The lowest BCUT2D eigenvalue weighted by molar-refractivity contribution is -0.145. The number of aromatic amines is 1. The Kier molecular flexibility index (Phi) is 10.0. The van der Waals surface area contributed by atoms with Crippen LogP contribution in [0.2, 0.25) is 0 Å². The monoisotopic (exact) mass is 542 g/mol. The van der Waals surface area contributed by atoms with E-state index in [0.717, 1.165) is 16.5 Å². The standard InChI is InChI=1S/C27H38N6O6/c1-15(2)12-21(27(38)39)32-25(36)22-8-5-11-33(22)26(37)20(31-24(35)18(28)9-10-23(29)34)13-16-14-30-19-7-4-3-6-17(16)19/h3-4,6-7,14-15,18,20-22,30H,5,8-13,28H2,1-2H3,(H2,29,34)(H,31,35)(H,32,36)(H,38,39). The van der Waals surface area contributed by atoms with Crippen molar-refractivity contribution < 1.29 is 29.1 Å². The maximum absolute atomic E-state index is 13.8. The molecule has 0 saturated carbocycles. The number of hydrogen-bond donors (Lipinski definition) is 6. The first kappa shape index (κ1) is 29.6. The van der Waals surface area contributed by atoms with Crippen LogP contribution in [0.25, 0.3) is 10.9 Å². The minimum Gasteiger partial charge on any atom is -0.480 e. The highest BCUT2D eigenvalue weighted by molar-refractivity contribution is 5.95. The third-order valence-electron chi connectivity index (χ3n) is 6.91. The number of carbonyl (C=O) groups is 5. The second-order valence-electron chi connectivity index (χ2n) is 10.5. The number of primary amides is 1. The third-order valence-corrected chi connectivity index (χ3v) is 6.91. The van der Waals surface area contributed by atoms with Gasteiger partial charge in [0.15, 0.2) is 0 Å². The summed E-state index contributed by atoms with van der Waals surface area (Å²) < 4.78 is 0. The molecule has 1 fully saturated rings. The van der Waals surface area contributed by atoms with Crippen molar-refractivity contribution in [2.45, 2.75) is 76.5 Å². The summed E-state index contributed by atoms with van der Waals surface area (Å²) in [6.45, 7) is 4.01. The number of carboxylic acid groups (broad SMARTS) is 1. The van der Waals surface area contributed by atoms with Gasteiger partial charge in [-0.3, -0.25) is 19.2 Å². The van der Waals surface area contributed by atoms with Gasteiger partial charge in [0.2, 0.25) is 23.6 Å². The zero-order chi connectivity index (χ0) is 28.7. The first-order valence-corrected chi connectivity index (χ1v) is 13.2. The van der Waals surface area contributed by atoms with E-state index in [9.17, 15) is 29.1 Å². The van der Waals surface area contributed by atoms with Crippen molar-refractivity contribution in [1.82, 2.24) is 20.5 Å². The predicted octanol–water partition coefficient (Wildman–Crippen LogP) is 0.395. The number of nitrogens with one attached hydrogen (secondary N) is 3. The van der Waals surface area contributed by atoms with Crippen LogP contribution in [-0.2, 0) is 30.4 Å². The summed E-state index contributed by atoms with van der Waals surface area (Å²) in [4.78, 5) is 67.2. The summed E-state index contributed by atoms with van der Waals surface area (Å²) in [6, 6.07) is 3.50. The fraction of sp³-hybridized carbons (Fsp3) is 0.519. The number of H-pyrrole nitrogens is 1. The Labute approximate surface area is 226 Å². The highest BCUT2D eigenvalue weighted by atomic mass is 16.4. The van der Waals surface area contributed by atoms with Crippen molar-refractivity contribution in [2.24, 2.45) is 17.4 Å². The Morgan fingerprint density at radius 1 is 1.13 bits per heavy atom. The highest BCUT2D eigenvalue weighted by Gasteiger charge is 2.39. The Hall–Kier alpha value is -3.93. The SMILES string of the molecule is CC(C)CC(NC(=O)C1CCCN1C(=O)C(Cc1c[nH]c2ccccc12)NC(=O)C(N)CCC(N)=O)C(=O)O. The zero-order valence-electron chi connectivity index (χ0n) is 22.3. The lowest BCUT2D eigenvalue weighted by atomic mass is 10.0. The van der Waals surface area contributed by atoms with Crippen molar-refractivity contribution in [3.05, 3.63) is 36.0 Å². The van der Waals surface area contributed by atoms with Crippen LogP contribution in [0.1, 0.15) is 51.5 Å². The molecule has 1 aliphatic rings. The topological polar surface area (TPSA) is 201 Å². The quantitative estimate of drug-likeness (QED) is 0.210. The largest absolute Gasteiger partial charge is 0.480 e. The minimum absolute atomic E-state index is 0.0241. The molecule has 0 radical (unpaired) electrons. The number of benzene rings is 1. The number of amides is 4. The van der Waals surface area contributed by atoms with E-state index in [-0.39, 0.29) is 38.1 Å². The number of nitrogens with two attached hydrogens (primary N) is 2. The van der Waals surface area contributed by atoms with E-state index >= 15 is 0 Å². The summed E-state index contributed by atoms with van der Waals surface area (Å²) in [5.41, 5.74) is 12.8. The maximum atomic E-state index is 13.8. The molecule has 4 atom stereocenters. The number of aliphatic carboxylic acids is 1. The van der Waals surface area contributed by atoms with Crippen LogP contribution in [0.3, 0.4) is 0 Å². The molecule has 2 aromatic rings. The fourth-order valence-electron chi connectivity index (χ4n) is 4.89. The van der Waals surface area contributed by atoms with E-state index in [0.29, 0.717) is 12.8 Å². The molecule has 4 amide bonds. The van der Waals surface area contributed by atoms with Crippen molar-refractivity contribution in [1.29, 1.82) is 0 Å². The van der Waals surface area contributed by atoms with Crippen molar-refractivity contribution in [3.63, 3.8) is 0 Å². The zero-order valence-corrected chi connectivity index (χ0v) is 22.3. The van der Waals surface area contributed by atoms with E-state index in [1.54, 1.807) is 6.20 Å². The smallest absolute Gasteiger partial charge is 0.326 e. The Morgan fingerprint density at radius 3 is 2.51 bits per heavy atom.